The second-order valence-corrected chi connectivity index (χ2v) is 10.9. The molecule has 1 unspecified atom stereocenters. The Morgan fingerprint density at radius 2 is 1.87 bits per heavy atom. The van der Waals surface area contributed by atoms with Crippen LogP contribution in [0.4, 0.5) is 0 Å². The SMILES string of the molecule is CC(C)C(NC(=O)c1ccc2[nH]nc(-c3ccc(OC4CN(C5COC5)C4)cc3)c2c1)c1ccccc1Cl. The lowest BCUT2D eigenvalue weighted by Gasteiger charge is -2.46. The number of ether oxygens (including phenoxy) is 2. The van der Waals surface area contributed by atoms with E-state index < -0.39 is 0 Å². The summed E-state index contributed by atoms with van der Waals surface area (Å²) >= 11 is 6.44. The molecule has 0 aliphatic carbocycles. The van der Waals surface area contributed by atoms with E-state index in [4.69, 9.17) is 21.1 Å². The maximum absolute atomic E-state index is 13.3. The Bertz CT molecular complexity index is 1440. The van der Waals surface area contributed by atoms with Crippen molar-refractivity contribution in [2.75, 3.05) is 26.3 Å². The van der Waals surface area contributed by atoms with E-state index in [-0.39, 0.29) is 24.0 Å². The van der Waals surface area contributed by atoms with Gasteiger partial charge >= 0.3 is 0 Å². The molecule has 8 heteroatoms. The van der Waals surface area contributed by atoms with Gasteiger partial charge in [0.2, 0.25) is 0 Å². The first-order valence-corrected chi connectivity index (χ1v) is 13.5. The monoisotopic (exact) mass is 530 g/mol. The lowest BCUT2D eigenvalue weighted by molar-refractivity contribution is -0.115. The molecule has 2 N–H and O–H groups in total. The van der Waals surface area contributed by atoms with Crippen LogP contribution in [0.3, 0.4) is 0 Å². The Morgan fingerprint density at radius 3 is 2.55 bits per heavy atom. The summed E-state index contributed by atoms with van der Waals surface area (Å²) in [6.45, 7) is 7.70. The third-order valence-corrected chi connectivity index (χ3v) is 7.81. The lowest BCUT2D eigenvalue weighted by atomic mass is 9.95. The summed E-state index contributed by atoms with van der Waals surface area (Å²) in [5.74, 6) is 0.870. The van der Waals surface area contributed by atoms with Gasteiger partial charge in [-0.05, 0) is 60.0 Å². The zero-order valence-corrected chi connectivity index (χ0v) is 22.2. The van der Waals surface area contributed by atoms with Crippen LogP contribution >= 0.6 is 11.6 Å². The number of carbonyl (C=O) groups excluding carboxylic acids is 1. The fourth-order valence-electron chi connectivity index (χ4n) is 5.09. The van der Waals surface area contributed by atoms with E-state index in [1.165, 1.54) is 0 Å². The highest BCUT2D eigenvalue weighted by atomic mass is 35.5. The summed E-state index contributed by atoms with van der Waals surface area (Å²) in [6, 6.07) is 21.6. The minimum absolute atomic E-state index is 0.149. The molecule has 1 atom stereocenters. The fourth-order valence-corrected chi connectivity index (χ4v) is 5.34. The number of aromatic nitrogens is 2. The number of likely N-dealkylation sites (tertiary alicyclic amines) is 1. The molecule has 7 nitrogen and oxygen atoms in total. The van der Waals surface area contributed by atoms with E-state index >= 15 is 0 Å². The third kappa shape index (κ3) is 4.89. The van der Waals surface area contributed by atoms with E-state index in [0.717, 1.165) is 59.8 Å². The molecule has 1 aromatic heterocycles. The maximum Gasteiger partial charge on any atom is 0.251 e. The van der Waals surface area contributed by atoms with Gasteiger partial charge in [-0.15, -0.1) is 0 Å². The van der Waals surface area contributed by atoms with Crippen LogP contribution in [0.5, 0.6) is 5.75 Å². The molecule has 0 saturated carbocycles. The minimum atomic E-state index is -0.201. The van der Waals surface area contributed by atoms with E-state index in [0.29, 0.717) is 16.6 Å². The van der Waals surface area contributed by atoms with Gasteiger partial charge in [-0.25, -0.2) is 0 Å². The predicted molar refractivity (Wildman–Crippen MR) is 149 cm³/mol. The summed E-state index contributed by atoms with van der Waals surface area (Å²) in [5, 5.41) is 12.4. The zero-order valence-electron chi connectivity index (χ0n) is 21.5. The quantitative estimate of drug-likeness (QED) is 0.316. The van der Waals surface area contributed by atoms with Crippen LogP contribution in [-0.2, 0) is 4.74 Å². The van der Waals surface area contributed by atoms with E-state index in [9.17, 15) is 4.79 Å². The smallest absolute Gasteiger partial charge is 0.251 e. The molecule has 1 amide bonds. The Balaban J connectivity index is 1.17. The Labute approximate surface area is 227 Å². The molecular formula is C30H31ClN4O3. The minimum Gasteiger partial charge on any atom is -0.488 e. The number of carbonyl (C=O) groups is 1. The van der Waals surface area contributed by atoms with Crippen molar-refractivity contribution in [3.63, 3.8) is 0 Å². The van der Waals surface area contributed by atoms with Crippen molar-refractivity contribution in [1.82, 2.24) is 20.4 Å². The Kier molecular flexibility index (Phi) is 6.82. The summed E-state index contributed by atoms with van der Waals surface area (Å²) in [4.78, 5) is 15.7. The van der Waals surface area contributed by atoms with Gasteiger partial charge in [-0.1, -0.05) is 43.6 Å². The fraction of sp³-hybridized carbons (Fsp3) is 0.333. The zero-order chi connectivity index (χ0) is 26.2. The average Bonchev–Trinajstić information content (AvgIpc) is 3.29. The Morgan fingerprint density at radius 1 is 1.11 bits per heavy atom. The predicted octanol–water partition coefficient (Wildman–Crippen LogP) is 5.47. The van der Waals surface area contributed by atoms with Crippen molar-refractivity contribution in [2.24, 2.45) is 5.92 Å². The normalized spacial score (nSPS) is 17.3. The van der Waals surface area contributed by atoms with Gasteiger partial charge in [-0.3, -0.25) is 14.8 Å². The first kappa shape index (κ1) is 24.9. The van der Waals surface area contributed by atoms with Gasteiger partial charge in [0, 0.05) is 34.6 Å². The summed E-state index contributed by atoms with van der Waals surface area (Å²) in [6.07, 6.45) is 0.217. The highest BCUT2D eigenvalue weighted by molar-refractivity contribution is 6.31. The van der Waals surface area contributed by atoms with Crippen molar-refractivity contribution in [3.05, 3.63) is 82.9 Å². The number of fused-ring (bicyclic) bond motifs is 1. The molecule has 3 aromatic carbocycles. The molecule has 4 aromatic rings. The van der Waals surface area contributed by atoms with E-state index in [2.05, 4.69) is 34.3 Å². The number of nitrogens with zero attached hydrogens (tertiary/aromatic N) is 2. The summed E-state index contributed by atoms with van der Waals surface area (Å²) < 4.78 is 11.4. The summed E-state index contributed by atoms with van der Waals surface area (Å²) in [5.41, 5.74) is 4.12. The first-order valence-electron chi connectivity index (χ1n) is 13.1. The molecule has 196 valence electrons. The largest absolute Gasteiger partial charge is 0.488 e. The Hall–Kier alpha value is -3.39. The number of benzene rings is 3. The topological polar surface area (TPSA) is 79.5 Å². The van der Waals surface area contributed by atoms with Gasteiger partial charge in [0.25, 0.3) is 5.91 Å². The number of rotatable bonds is 8. The molecule has 6 rings (SSSR count). The molecule has 0 spiro atoms. The number of amides is 1. The number of H-pyrrole nitrogens is 1. The molecule has 2 aliphatic heterocycles. The van der Waals surface area contributed by atoms with Crippen LogP contribution in [0.15, 0.2) is 66.7 Å². The van der Waals surface area contributed by atoms with Crippen LogP contribution in [0.1, 0.15) is 35.8 Å². The highest BCUT2D eigenvalue weighted by Crippen LogP contribution is 2.31. The number of halogens is 1. The van der Waals surface area contributed by atoms with Crippen LogP contribution in [-0.4, -0.2) is 59.5 Å². The number of nitrogens with one attached hydrogen (secondary N) is 2. The summed E-state index contributed by atoms with van der Waals surface area (Å²) in [7, 11) is 0. The van der Waals surface area contributed by atoms with Gasteiger partial charge in [0.05, 0.1) is 36.5 Å². The van der Waals surface area contributed by atoms with E-state index in [1.807, 2.05) is 66.7 Å². The maximum atomic E-state index is 13.3. The van der Waals surface area contributed by atoms with Crippen molar-refractivity contribution < 1.29 is 14.3 Å². The number of hydrogen-bond acceptors (Lipinski definition) is 5. The van der Waals surface area contributed by atoms with Crippen molar-refractivity contribution in [1.29, 1.82) is 0 Å². The van der Waals surface area contributed by atoms with Crippen molar-refractivity contribution in [3.8, 4) is 17.0 Å². The molecular weight excluding hydrogens is 500 g/mol. The van der Waals surface area contributed by atoms with Crippen LogP contribution in [0.2, 0.25) is 5.02 Å². The van der Waals surface area contributed by atoms with Crippen molar-refractivity contribution in [2.45, 2.75) is 32.0 Å². The molecule has 3 heterocycles. The number of hydrogen-bond donors (Lipinski definition) is 2. The second-order valence-electron chi connectivity index (χ2n) is 10.5. The van der Waals surface area contributed by atoms with Gasteiger partial charge in [-0.2, -0.15) is 5.10 Å². The first-order chi connectivity index (χ1) is 18.5. The third-order valence-electron chi connectivity index (χ3n) is 7.46. The molecule has 2 aliphatic rings. The second kappa shape index (κ2) is 10.4. The van der Waals surface area contributed by atoms with Crippen LogP contribution in [0.25, 0.3) is 22.2 Å². The standard InChI is InChI=1S/C30H31ClN4O3/c1-18(2)28(24-5-3-4-6-26(24)31)32-30(36)20-9-12-27-25(13-20)29(34-33-27)19-7-10-22(11-8-19)38-23-14-35(15-23)21-16-37-17-21/h3-13,18,21,23,28H,14-17H2,1-2H3,(H,32,36)(H,33,34). The van der Waals surface area contributed by atoms with Gasteiger partial charge < -0.3 is 14.8 Å². The van der Waals surface area contributed by atoms with Gasteiger partial charge in [0.15, 0.2) is 0 Å². The van der Waals surface area contributed by atoms with E-state index in [1.54, 1.807) is 0 Å². The van der Waals surface area contributed by atoms with Gasteiger partial charge in [0.1, 0.15) is 11.9 Å². The molecule has 0 bridgehead atoms. The molecule has 38 heavy (non-hydrogen) atoms. The molecule has 2 fully saturated rings. The van der Waals surface area contributed by atoms with Crippen LogP contribution < -0.4 is 10.1 Å². The van der Waals surface area contributed by atoms with Crippen LogP contribution in [0, 0.1) is 5.92 Å². The average molecular weight is 531 g/mol. The van der Waals surface area contributed by atoms with Crippen molar-refractivity contribution >= 4 is 28.4 Å². The highest BCUT2D eigenvalue weighted by Gasteiger charge is 2.37. The molecule has 2 saturated heterocycles. The number of aromatic amines is 1. The molecule has 0 radical (unpaired) electrons. The lowest BCUT2D eigenvalue weighted by Crippen LogP contribution is -2.62.